The maximum Gasteiger partial charge on any atom is 0.339 e. The highest BCUT2D eigenvalue weighted by Crippen LogP contribution is 2.53. The fourth-order valence-electron chi connectivity index (χ4n) is 3.53. The molecule has 3 heterocycles. The summed E-state index contributed by atoms with van der Waals surface area (Å²) < 4.78 is 31.9. The highest BCUT2D eigenvalue weighted by Gasteiger charge is 2.67. The third-order valence-corrected chi connectivity index (χ3v) is 10.2. The Balaban J connectivity index is 2.30. The van der Waals surface area contributed by atoms with Crippen LogP contribution >= 0.6 is 11.8 Å². The summed E-state index contributed by atoms with van der Waals surface area (Å²) in [6, 6.07) is 0. The number of carbonyl (C=O) groups excluding carboxylic acids is 2. The number of aromatic amines is 1. The number of aromatic nitrogens is 3. The van der Waals surface area contributed by atoms with Crippen molar-refractivity contribution in [3.05, 3.63) is 32.0 Å². The molecule has 1 N–H and O–H groups in total. The number of fused-ring (bicyclic) bond motifs is 1. The Bertz CT molecular complexity index is 1240. The molecule has 11 nitrogen and oxygen atoms in total. The van der Waals surface area contributed by atoms with E-state index in [0.29, 0.717) is 11.8 Å². The van der Waals surface area contributed by atoms with Crippen molar-refractivity contribution >= 4 is 33.3 Å². The van der Waals surface area contributed by atoms with E-state index in [0.717, 1.165) is 9.58 Å². The third-order valence-electron chi connectivity index (χ3n) is 5.52. The second-order valence-corrected chi connectivity index (χ2v) is 12.6. The number of hydrogen-bond acceptors (Lipinski definition) is 9. The number of Topliss-reactive ketones (excluding diaryl/α,β-unsaturated/α-hetero) is 1. The normalized spacial score (nSPS) is 27.7. The molecule has 1 aromatic rings. The largest absolute Gasteiger partial charge is 0.368 e. The molecule has 3 atom stereocenters. The summed E-state index contributed by atoms with van der Waals surface area (Å²) in [7, 11) is -1.54. The lowest BCUT2D eigenvalue weighted by molar-refractivity contribution is -0.161. The molecule has 0 spiro atoms. The Morgan fingerprint density at radius 3 is 2.35 bits per heavy atom. The molecule has 31 heavy (non-hydrogen) atoms. The zero-order valence-electron chi connectivity index (χ0n) is 18.2. The van der Waals surface area contributed by atoms with Gasteiger partial charge in [0.2, 0.25) is 0 Å². The van der Waals surface area contributed by atoms with Gasteiger partial charge in [0, 0.05) is 19.6 Å². The number of ketones is 1. The van der Waals surface area contributed by atoms with E-state index in [-0.39, 0.29) is 16.4 Å². The van der Waals surface area contributed by atoms with Gasteiger partial charge < -0.3 is 4.74 Å². The first-order chi connectivity index (χ1) is 14.1. The van der Waals surface area contributed by atoms with Crippen LogP contribution in [0.15, 0.2) is 26.0 Å². The Kier molecular flexibility index (Phi) is 5.39. The van der Waals surface area contributed by atoms with Crippen LogP contribution in [0.5, 0.6) is 0 Å². The summed E-state index contributed by atoms with van der Waals surface area (Å²) in [4.78, 5) is 53.9. The minimum Gasteiger partial charge on any atom is -0.368 e. The van der Waals surface area contributed by atoms with Gasteiger partial charge in [-0.2, -0.15) is 4.98 Å². The van der Waals surface area contributed by atoms with Crippen LogP contribution in [0.2, 0.25) is 0 Å². The molecular weight excluding hydrogens is 448 g/mol. The van der Waals surface area contributed by atoms with Crippen LogP contribution in [0.25, 0.3) is 0 Å². The highest BCUT2D eigenvalue weighted by atomic mass is 32.3. The van der Waals surface area contributed by atoms with Crippen molar-refractivity contribution in [1.29, 1.82) is 0 Å². The summed E-state index contributed by atoms with van der Waals surface area (Å²) in [5.74, 6) is -1.01. The summed E-state index contributed by atoms with van der Waals surface area (Å²) in [5, 5.41) is 0.813. The zero-order valence-corrected chi connectivity index (χ0v) is 19.8. The predicted molar refractivity (Wildman–Crippen MR) is 112 cm³/mol. The van der Waals surface area contributed by atoms with Crippen LogP contribution in [0.1, 0.15) is 34.6 Å². The first-order valence-corrected chi connectivity index (χ1v) is 11.7. The number of ether oxygens (including phenoxy) is 1. The van der Waals surface area contributed by atoms with Gasteiger partial charge in [0.1, 0.15) is 4.08 Å². The van der Waals surface area contributed by atoms with E-state index in [1.54, 1.807) is 20.8 Å². The van der Waals surface area contributed by atoms with E-state index in [2.05, 4.69) is 10.1 Å². The number of allylic oxidation sites excluding steroid dienone is 1. The molecule has 1 aromatic heterocycles. The number of hydrogen-bond donors (Lipinski definition) is 1. The number of amides is 1. The Morgan fingerprint density at radius 1 is 1.26 bits per heavy atom. The molecule has 0 bridgehead atoms. The van der Waals surface area contributed by atoms with Crippen molar-refractivity contribution in [2.24, 2.45) is 12.5 Å². The van der Waals surface area contributed by atoms with Gasteiger partial charge in [-0.3, -0.25) is 33.9 Å². The maximum absolute atomic E-state index is 13.7. The van der Waals surface area contributed by atoms with E-state index >= 15 is 0 Å². The Hall–Kier alpha value is -2.25. The summed E-state index contributed by atoms with van der Waals surface area (Å²) in [5.41, 5.74) is -2.78. The molecule has 0 aromatic carbocycles. The maximum atomic E-state index is 13.7. The van der Waals surface area contributed by atoms with E-state index in [4.69, 9.17) is 4.74 Å². The topological polar surface area (TPSA) is 148 Å². The molecule has 0 saturated carbocycles. The first-order valence-electron chi connectivity index (χ1n) is 9.31. The summed E-state index contributed by atoms with van der Waals surface area (Å²) in [6.45, 7) is 7.87. The number of nitrogens with zero attached hydrogens (tertiary/aromatic N) is 3. The number of sulfone groups is 1. The lowest BCUT2D eigenvalue weighted by Crippen LogP contribution is -2.73. The molecule has 2 aliphatic rings. The number of nitrogens with one attached hydrogen (secondary N) is 1. The molecule has 170 valence electrons. The fraction of sp³-hybridized carbons (Fsp3) is 0.611. The minimum atomic E-state index is -4.17. The molecule has 2 aliphatic heterocycles. The van der Waals surface area contributed by atoms with Crippen LogP contribution in [0, 0.1) is 5.41 Å². The molecular formula is C18H24N4O7S2. The van der Waals surface area contributed by atoms with Crippen LogP contribution < -0.4 is 11.1 Å². The lowest BCUT2D eigenvalue weighted by Gasteiger charge is -2.53. The number of aryl methyl sites for hydroxylation is 1. The van der Waals surface area contributed by atoms with Crippen LogP contribution in [0.3, 0.4) is 0 Å². The number of H-pyrrole nitrogens is 1. The van der Waals surface area contributed by atoms with Gasteiger partial charge in [0.15, 0.2) is 32.3 Å². The average Bonchev–Trinajstić information content (AvgIpc) is 2.64. The summed E-state index contributed by atoms with van der Waals surface area (Å²) >= 11 is 0.707. The van der Waals surface area contributed by atoms with Gasteiger partial charge in [-0.1, -0.05) is 32.5 Å². The average molecular weight is 473 g/mol. The van der Waals surface area contributed by atoms with Crippen molar-refractivity contribution in [1.82, 2.24) is 19.7 Å². The number of thioether (sulfide) groups is 1. The van der Waals surface area contributed by atoms with Gasteiger partial charge >= 0.3 is 11.1 Å². The van der Waals surface area contributed by atoms with Crippen molar-refractivity contribution in [2.45, 2.75) is 55.3 Å². The second-order valence-electron chi connectivity index (χ2n) is 8.60. The molecule has 3 rings (SSSR count). The van der Waals surface area contributed by atoms with Crippen molar-refractivity contribution in [3.8, 4) is 0 Å². The van der Waals surface area contributed by atoms with E-state index in [1.807, 2.05) is 0 Å². The number of carbonyl (C=O) groups is 2. The molecule has 1 saturated heterocycles. The first kappa shape index (κ1) is 23.4. The Morgan fingerprint density at radius 2 is 1.84 bits per heavy atom. The van der Waals surface area contributed by atoms with Gasteiger partial charge in [-0.05, 0) is 19.4 Å². The minimum absolute atomic E-state index is 0.00458. The van der Waals surface area contributed by atoms with Crippen LogP contribution in [-0.4, -0.2) is 62.4 Å². The molecule has 1 unspecified atom stereocenters. The van der Waals surface area contributed by atoms with Crippen molar-refractivity contribution in [3.63, 3.8) is 0 Å². The van der Waals surface area contributed by atoms with Gasteiger partial charge in [0.05, 0.1) is 5.70 Å². The van der Waals surface area contributed by atoms with E-state index < -0.39 is 53.6 Å². The number of methoxy groups -OCH3 is 1. The van der Waals surface area contributed by atoms with E-state index in [1.165, 1.54) is 28.0 Å². The van der Waals surface area contributed by atoms with Gasteiger partial charge in [-0.15, -0.1) is 0 Å². The highest BCUT2D eigenvalue weighted by molar-refractivity contribution is 8.15. The quantitative estimate of drug-likeness (QED) is 0.463. The monoisotopic (exact) mass is 472 g/mol. The Labute approximate surface area is 182 Å². The molecule has 0 aliphatic carbocycles. The molecule has 13 heteroatoms. The van der Waals surface area contributed by atoms with E-state index in [9.17, 15) is 27.6 Å². The SMILES string of the molecule is CO[C@H]1C(=O)N2C(C(=O)C(C)(C)C)=C(C)C(C)(Sc3nc(=O)c(=O)[nH]n3C)S(=O)(=O)[C@H]12. The van der Waals surface area contributed by atoms with Gasteiger partial charge in [0.25, 0.3) is 5.91 Å². The number of rotatable bonds is 4. The molecule has 0 radical (unpaired) electrons. The van der Waals surface area contributed by atoms with Crippen LogP contribution in [0.4, 0.5) is 0 Å². The zero-order chi connectivity index (χ0) is 23.7. The van der Waals surface area contributed by atoms with Gasteiger partial charge in [-0.25, -0.2) is 8.42 Å². The predicted octanol–water partition coefficient (Wildman–Crippen LogP) is -0.222. The number of β-lactam (4-membered cyclic amide) rings is 1. The van der Waals surface area contributed by atoms with Crippen LogP contribution in [-0.2, 0) is 31.2 Å². The molecule has 1 amide bonds. The van der Waals surface area contributed by atoms with Crippen molar-refractivity contribution < 1.29 is 22.7 Å². The lowest BCUT2D eigenvalue weighted by atomic mass is 9.85. The molecule has 1 fully saturated rings. The fourth-order valence-corrected chi connectivity index (χ4v) is 7.45. The third kappa shape index (κ3) is 3.21. The smallest absolute Gasteiger partial charge is 0.339 e. The summed E-state index contributed by atoms with van der Waals surface area (Å²) in [6.07, 6.45) is -1.26. The standard InChI is InChI=1S/C18H24N4O7S2/c1-8-9(11(23)17(2,3)4)22-14(26)10(29-7)15(22)31(27,28)18(8,5)30-16-19-12(24)13(25)20-21(16)6/h10,15H,1-7H3,(H,20,25)/t10-,15+,18?/m0/s1. The van der Waals surface area contributed by atoms with Crippen molar-refractivity contribution in [2.75, 3.05) is 7.11 Å². The second kappa shape index (κ2) is 7.14.